The second kappa shape index (κ2) is 13.0. The standard InChI is InChI=1S/C48H42N4/c1-29-5-13-33(14-6-29)45-37-21-23-39(49-37)46(34-15-7-30(2)8-16-34)41-25-27-43(51-41)48(36-19-11-32(4)12-20-36)44-28-26-42(52-44)47(40-24-22-38(45)50-40)35-17-9-31(3)10-18-35/h5-25,46,50-51H,26-28H2,1-4H3/b45-37-,47-42-,48-43-. The highest BCUT2D eigenvalue weighted by molar-refractivity contribution is 6.26. The molecule has 0 aliphatic carbocycles. The quantitative estimate of drug-likeness (QED) is 0.196. The smallest absolute Gasteiger partial charge is 0.0733 e. The molecule has 4 aliphatic heterocycles. The van der Waals surface area contributed by atoms with Crippen LogP contribution in [0.4, 0.5) is 0 Å². The molecule has 0 saturated heterocycles. The van der Waals surface area contributed by atoms with Crippen molar-refractivity contribution >= 4 is 28.1 Å². The minimum Gasteiger partial charge on any atom is -0.361 e. The second-order valence-corrected chi connectivity index (χ2v) is 14.6. The summed E-state index contributed by atoms with van der Waals surface area (Å²) >= 11 is 0. The number of nitrogens with zero attached hydrogens (tertiary/aromatic N) is 2. The molecule has 5 aromatic rings. The molecule has 0 saturated carbocycles. The second-order valence-electron chi connectivity index (χ2n) is 14.6. The number of nitrogens with one attached hydrogen (secondary N) is 2. The lowest BCUT2D eigenvalue weighted by Gasteiger charge is -2.21. The van der Waals surface area contributed by atoms with Crippen LogP contribution in [-0.2, 0) is 0 Å². The van der Waals surface area contributed by atoms with Gasteiger partial charge < -0.3 is 10.3 Å². The Labute approximate surface area is 306 Å². The molecule has 2 N–H and O–H groups in total. The first kappa shape index (κ1) is 31.9. The highest BCUT2D eigenvalue weighted by atomic mass is 15.0. The van der Waals surface area contributed by atoms with E-state index in [1.165, 1.54) is 50.2 Å². The Morgan fingerprint density at radius 1 is 0.538 bits per heavy atom. The van der Waals surface area contributed by atoms with E-state index in [1.54, 1.807) is 0 Å². The molecule has 0 radical (unpaired) electrons. The maximum absolute atomic E-state index is 5.55. The monoisotopic (exact) mass is 674 g/mol. The lowest BCUT2D eigenvalue weighted by atomic mass is 9.90. The van der Waals surface area contributed by atoms with E-state index in [4.69, 9.17) is 9.98 Å². The molecule has 254 valence electrons. The van der Waals surface area contributed by atoms with Crippen LogP contribution in [0.25, 0.3) is 16.7 Å². The van der Waals surface area contributed by atoms with Gasteiger partial charge in [-0.3, -0.25) is 9.98 Å². The lowest BCUT2D eigenvalue weighted by molar-refractivity contribution is 0.907. The van der Waals surface area contributed by atoms with E-state index in [0.717, 1.165) is 75.9 Å². The zero-order valence-electron chi connectivity index (χ0n) is 30.2. The van der Waals surface area contributed by atoms with Crippen LogP contribution in [0.5, 0.6) is 0 Å². The van der Waals surface area contributed by atoms with E-state index in [0.29, 0.717) is 0 Å². The van der Waals surface area contributed by atoms with Crippen LogP contribution in [0.1, 0.15) is 81.1 Å². The molecule has 4 heteroatoms. The molecular weight excluding hydrogens is 633 g/mol. The van der Waals surface area contributed by atoms with Gasteiger partial charge >= 0.3 is 0 Å². The first-order valence-corrected chi connectivity index (χ1v) is 18.4. The molecule has 0 amide bonds. The fourth-order valence-electron chi connectivity index (χ4n) is 7.94. The first-order valence-electron chi connectivity index (χ1n) is 18.4. The van der Waals surface area contributed by atoms with E-state index in [2.05, 4.69) is 165 Å². The van der Waals surface area contributed by atoms with Crippen LogP contribution in [0.15, 0.2) is 160 Å². The van der Waals surface area contributed by atoms with Crippen molar-refractivity contribution in [1.82, 2.24) is 10.3 Å². The van der Waals surface area contributed by atoms with Gasteiger partial charge in [0, 0.05) is 45.9 Å². The summed E-state index contributed by atoms with van der Waals surface area (Å²) in [4.78, 5) is 14.9. The fraction of sp³-hybridized carbons (Fsp3) is 0.167. The van der Waals surface area contributed by atoms with Gasteiger partial charge in [0.1, 0.15) is 0 Å². The normalized spacial score (nSPS) is 22.3. The van der Waals surface area contributed by atoms with Gasteiger partial charge in [0.05, 0.1) is 28.7 Å². The summed E-state index contributed by atoms with van der Waals surface area (Å²) < 4.78 is 0. The van der Waals surface area contributed by atoms with E-state index in [-0.39, 0.29) is 5.92 Å². The van der Waals surface area contributed by atoms with E-state index in [1.807, 2.05) is 0 Å². The minimum atomic E-state index is -0.0494. The summed E-state index contributed by atoms with van der Waals surface area (Å²) in [6.07, 6.45) is 9.32. The first-order chi connectivity index (χ1) is 25.4. The highest BCUT2D eigenvalue weighted by Crippen LogP contribution is 2.41. The Morgan fingerprint density at radius 2 is 1.08 bits per heavy atom. The van der Waals surface area contributed by atoms with Crippen LogP contribution < -0.4 is 5.32 Å². The summed E-state index contributed by atoms with van der Waals surface area (Å²) in [5, 5.41) is 3.97. The molecule has 1 unspecified atom stereocenters. The molecule has 52 heavy (non-hydrogen) atoms. The molecule has 5 heterocycles. The average molecular weight is 675 g/mol. The van der Waals surface area contributed by atoms with Crippen molar-refractivity contribution in [2.45, 2.75) is 52.9 Å². The number of hydrogen-bond acceptors (Lipinski definition) is 3. The number of aryl methyl sites for hydroxylation is 4. The van der Waals surface area contributed by atoms with Crippen LogP contribution in [-0.4, -0.2) is 16.4 Å². The third-order valence-corrected chi connectivity index (χ3v) is 10.7. The Morgan fingerprint density at radius 3 is 1.69 bits per heavy atom. The van der Waals surface area contributed by atoms with Crippen molar-refractivity contribution in [1.29, 1.82) is 0 Å². The number of rotatable bonds is 4. The van der Waals surface area contributed by atoms with E-state index < -0.39 is 0 Å². The number of aromatic nitrogens is 1. The van der Waals surface area contributed by atoms with Crippen molar-refractivity contribution in [2.75, 3.05) is 0 Å². The summed E-state index contributed by atoms with van der Waals surface area (Å²) in [6, 6.07) is 40.0. The van der Waals surface area contributed by atoms with Gasteiger partial charge in [-0.2, -0.15) is 0 Å². The van der Waals surface area contributed by atoms with Crippen LogP contribution in [0.2, 0.25) is 0 Å². The third-order valence-electron chi connectivity index (χ3n) is 10.7. The number of allylic oxidation sites excluding steroid dienone is 6. The third kappa shape index (κ3) is 5.84. The minimum absolute atomic E-state index is 0.0494. The number of fused-ring (bicyclic) bond motifs is 6. The molecule has 8 bridgehead atoms. The van der Waals surface area contributed by atoms with Crippen molar-refractivity contribution in [3.63, 3.8) is 0 Å². The summed E-state index contributed by atoms with van der Waals surface area (Å²) in [5.41, 5.74) is 21.8. The number of aliphatic imine (C=N–C) groups is 2. The zero-order chi connectivity index (χ0) is 35.3. The van der Waals surface area contributed by atoms with Gasteiger partial charge in [0.2, 0.25) is 0 Å². The number of benzene rings is 4. The maximum Gasteiger partial charge on any atom is 0.0733 e. The summed E-state index contributed by atoms with van der Waals surface area (Å²) in [6.45, 7) is 8.57. The molecule has 4 nitrogen and oxygen atoms in total. The Bertz CT molecular complexity index is 2440. The van der Waals surface area contributed by atoms with Gasteiger partial charge in [0.15, 0.2) is 0 Å². The van der Waals surface area contributed by atoms with Gasteiger partial charge in [0.25, 0.3) is 0 Å². The molecule has 9 rings (SSSR count). The van der Waals surface area contributed by atoms with Crippen molar-refractivity contribution < 1.29 is 0 Å². The molecule has 4 aromatic carbocycles. The molecule has 1 aromatic heterocycles. The summed E-state index contributed by atoms with van der Waals surface area (Å²) in [5.74, 6) is -0.0494. The zero-order valence-corrected chi connectivity index (χ0v) is 30.2. The van der Waals surface area contributed by atoms with Crippen LogP contribution in [0, 0.1) is 27.7 Å². The van der Waals surface area contributed by atoms with Gasteiger partial charge in [-0.15, -0.1) is 0 Å². The average Bonchev–Trinajstić information content (AvgIpc) is 3.99. The van der Waals surface area contributed by atoms with Gasteiger partial charge in [-0.25, -0.2) is 0 Å². The van der Waals surface area contributed by atoms with Crippen molar-refractivity contribution in [2.24, 2.45) is 9.98 Å². The SMILES string of the molecule is Cc1ccc(/C2=C3\CC=C(N3)C(c3ccc(C)cc3)C3=N/C(=C(/c4ccc(C)cc4)c4ccc([nH]4)/C(c4ccc(C)cc4)=C4/CCC2=N4)C=C3)cc1. The van der Waals surface area contributed by atoms with Gasteiger partial charge in [-0.05, 0) is 87.1 Å². The van der Waals surface area contributed by atoms with Crippen molar-refractivity contribution in [3.05, 3.63) is 206 Å². The van der Waals surface area contributed by atoms with Crippen LogP contribution >= 0.6 is 0 Å². The maximum atomic E-state index is 5.55. The number of hydrogen-bond donors (Lipinski definition) is 2. The lowest BCUT2D eigenvalue weighted by Crippen LogP contribution is -2.21. The molecular formula is C48H42N4. The Balaban J connectivity index is 1.32. The largest absolute Gasteiger partial charge is 0.361 e. The van der Waals surface area contributed by atoms with Crippen LogP contribution in [0.3, 0.4) is 0 Å². The number of aromatic amines is 1. The topological polar surface area (TPSA) is 52.5 Å². The highest BCUT2D eigenvalue weighted by Gasteiger charge is 2.31. The van der Waals surface area contributed by atoms with E-state index in [9.17, 15) is 0 Å². The Hall–Kier alpha value is -6.00. The molecule has 0 fully saturated rings. The predicted molar refractivity (Wildman–Crippen MR) is 216 cm³/mol. The molecule has 1 atom stereocenters. The Kier molecular flexibility index (Phi) is 7.96. The molecule has 0 spiro atoms. The fourth-order valence-corrected chi connectivity index (χ4v) is 7.94. The van der Waals surface area contributed by atoms with E-state index >= 15 is 0 Å². The number of H-pyrrole nitrogens is 1. The van der Waals surface area contributed by atoms with Crippen molar-refractivity contribution in [3.8, 4) is 0 Å². The molecule has 4 aliphatic rings. The summed E-state index contributed by atoms with van der Waals surface area (Å²) in [7, 11) is 0. The predicted octanol–water partition coefficient (Wildman–Crippen LogP) is 11.1. The van der Waals surface area contributed by atoms with Gasteiger partial charge in [-0.1, -0.05) is 125 Å².